The Balaban J connectivity index is 2.21. The van der Waals surface area contributed by atoms with Gasteiger partial charge in [0.15, 0.2) is 0 Å². The van der Waals surface area contributed by atoms with E-state index < -0.39 is 17.8 Å². The number of hydrogen-bond acceptors (Lipinski definition) is 3. The molecule has 0 radical (unpaired) electrons. The highest BCUT2D eigenvalue weighted by atomic mass is 16.3. The van der Waals surface area contributed by atoms with Crippen molar-refractivity contribution in [1.29, 1.82) is 0 Å². The Hall–Kier alpha value is -1.16. The molecule has 31 heavy (non-hydrogen) atoms. The average molecular weight is 431 g/mol. The van der Waals surface area contributed by atoms with Gasteiger partial charge in [0.25, 0.3) is 0 Å². The first-order chi connectivity index (χ1) is 14.4. The van der Waals surface area contributed by atoms with Crippen LogP contribution >= 0.6 is 0 Å². The van der Waals surface area contributed by atoms with Crippen molar-refractivity contribution in [2.24, 2.45) is 11.3 Å². The van der Waals surface area contributed by atoms with E-state index in [1.54, 1.807) is 0 Å². The SMILES string of the molecule is C=C1[C@H](O)CC(=C/C=C2\CCC[C@](C)(/C(C)=C(\C)CCCC(C)(C)O)C2CC)C[C@H]1O. The molecule has 0 saturated heterocycles. The Bertz CT molecular complexity index is 718. The molecule has 0 aromatic carbocycles. The molecule has 4 atom stereocenters. The van der Waals surface area contributed by atoms with Crippen molar-refractivity contribution in [2.45, 2.75) is 117 Å². The lowest BCUT2D eigenvalue weighted by molar-refractivity contribution is 0.0688. The summed E-state index contributed by atoms with van der Waals surface area (Å²) < 4.78 is 0. The summed E-state index contributed by atoms with van der Waals surface area (Å²) in [7, 11) is 0. The number of hydrogen-bond donors (Lipinski definition) is 3. The van der Waals surface area contributed by atoms with Gasteiger partial charge < -0.3 is 15.3 Å². The molecule has 2 aliphatic carbocycles. The van der Waals surface area contributed by atoms with Crippen molar-refractivity contribution < 1.29 is 15.3 Å². The Kier molecular flexibility index (Phi) is 8.95. The van der Waals surface area contributed by atoms with Gasteiger partial charge >= 0.3 is 0 Å². The smallest absolute Gasteiger partial charge is 0.0809 e. The predicted octanol–water partition coefficient (Wildman–Crippen LogP) is 6.41. The van der Waals surface area contributed by atoms with Gasteiger partial charge in [0.2, 0.25) is 0 Å². The summed E-state index contributed by atoms with van der Waals surface area (Å²) in [5, 5.41) is 30.3. The largest absolute Gasteiger partial charge is 0.390 e. The maximum Gasteiger partial charge on any atom is 0.0809 e. The number of aliphatic hydroxyl groups is 3. The van der Waals surface area contributed by atoms with Gasteiger partial charge in [0.1, 0.15) is 0 Å². The highest BCUT2D eigenvalue weighted by Crippen LogP contribution is 2.51. The topological polar surface area (TPSA) is 60.7 Å². The lowest BCUT2D eigenvalue weighted by Gasteiger charge is -2.45. The van der Waals surface area contributed by atoms with Crippen molar-refractivity contribution in [3.05, 3.63) is 46.6 Å². The molecule has 0 amide bonds. The van der Waals surface area contributed by atoms with Crippen molar-refractivity contribution in [1.82, 2.24) is 0 Å². The predicted molar refractivity (Wildman–Crippen MR) is 131 cm³/mol. The Morgan fingerprint density at radius 1 is 1.16 bits per heavy atom. The van der Waals surface area contributed by atoms with Gasteiger partial charge in [-0.25, -0.2) is 0 Å². The van der Waals surface area contributed by atoms with Crippen molar-refractivity contribution >= 4 is 0 Å². The fourth-order valence-corrected chi connectivity index (χ4v) is 5.66. The molecule has 3 heteroatoms. The lowest BCUT2D eigenvalue weighted by Crippen LogP contribution is -2.34. The van der Waals surface area contributed by atoms with Gasteiger partial charge in [0.05, 0.1) is 17.8 Å². The van der Waals surface area contributed by atoms with Gasteiger partial charge in [-0.3, -0.25) is 0 Å². The molecule has 3 N–H and O–H groups in total. The van der Waals surface area contributed by atoms with Crippen LogP contribution in [0.4, 0.5) is 0 Å². The standard InChI is InChI=1S/C28H46O3/c1-8-24-23(14-13-22-17-25(29)20(3)26(30)18-22)12-10-16-28(24,7)21(4)19(2)11-9-15-27(5,6)31/h13-14,24-26,29-31H,3,8-12,15-18H2,1-2,4-7H3/b21-19+,23-14+/t24?,25-,26-,28-/m1/s1. The quantitative estimate of drug-likeness (QED) is 0.409. The van der Waals surface area contributed by atoms with Crippen molar-refractivity contribution in [3.63, 3.8) is 0 Å². The van der Waals surface area contributed by atoms with Crippen LogP contribution in [0.1, 0.15) is 99.3 Å². The summed E-state index contributed by atoms with van der Waals surface area (Å²) in [6, 6.07) is 0. The average Bonchev–Trinajstić information content (AvgIpc) is 2.68. The minimum atomic E-state index is -0.635. The first-order valence-corrected chi connectivity index (χ1v) is 12.2. The fourth-order valence-electron chi connectivity index (χ4n) is 5.66. The summed E-state index contributed by atoms with van der Waals surface area (Å²) in [5.74, 6) is 0.510. The van der Waals surface area contributed by atoms with E-state index in [2.05, 4.69) is 46.4 Å². The highest BCUT2D eigenvalue weighted by Gasteiger charge is 2.39. The van der Waals surface area contributed by atoms with Gasteiger partial charge in [-0.15, -0.1) is 0 Å². The molecule has 0 bridgehead atoms. The minimum Gasteiger partial charge on any atom is -0.390 e. The van der Waals surface area contributed by atoms with E-state index >= 15 is 0 Å². The van der Waals surface area contributed by atoms with E-state index in [1.807, 2.05) is 13.8 Å². The minimum absolute atomic E-state index is 0.163. The molecule has 3 nitrogen and oxygen atoms in total. The summed E-state index contributed by atoms with van der Waals surface area (Å²) in [6.07, 6.45) is 11.9. The van der Waals surface area contributed by atoms with Crippen LogP contribution in [-0.4, -0.2) is 33.1 Å². The lowest BCUT2D eigenvalue weighted by atomic mass is 9.60. The first kappa shape index (κ1) is 26.1. The van der Waals surface area contributed by atoms with E-state index in [0.29, 0.717) is 24.3 Å². The van der Waals surface area contributed by atoms with Gasteiger partial charge in [0, 0.05) is 0 Å². The monoisotopic (exact) mass is 430 g/mol. The van der Waals surface area contributed by atoms with Crippen molar-refractivity contribution in [3.8, 4) is 0 Å². The third-order valence-corrected chi connectivity index (χ3v) is 7.92. The third-order valence-electron chi connectivity index (χ3n) is 7.92. The molecule has 0 heterocycles. The van der Waals surface area contributed by atoms with E-state index in [-0.39, 0.29) is 5.41 Å². The summed E-state index contributed by atoms with van der Waals surface area (Å²) in [4.78, 5) is 0. The molecule has 2 saturated carbocycles. The molecule has 176 valence electrons. The van der Waals surface area contributed by atoms with Gasteiger partial charge in [-0.2, -0.15) is 0 Å². The maximum atomic E-state index is 10.1. The maximum absolute atomic E-state index is 10.1. The van der Waals surface area contributed by atoms with E-state index in [0.717, 1.165) is 37.7 Å². The van der Waals surface area contributed by atoms with Crippen molar-refractivity contribution in [2.75, 3.05) is 0 Å². The van der Waals surface area contributed by atoms with Gasteiger partial charge in [-0.05, 0) is 102 Å². The zero-order valence-electron chi connectivity index (χ0n) is 20.8. The van der Waals surface area contributed by atoms with Crippen LogP contribution in [-0.2, 0) is 0 Å². The van der Waals surface area contributed by atoms with E-state index in [9.17, 15) is 15.3 Å². The Morgan fingerprint density at radius 2 is 1.77 bits per heavy atom. The molecule has 0 aromatic heterocycles. The summed E-state index contributed by atoms with van der Waals surface area (Å²) in [5.41, 5.74) is 5.72. The van der Waals surface area contributed by atoms with Gasteiger partial charge in [-0.1, -0.05) is 54.9 Å². The van der Waals surface area contributed by atoms with E-state index in [4.69, 9.17) is 0 Å². The second-order valence-electron chi connectivity index (χ2n) is 10.9. The number of aliphatic hydroxyl groups excluding tert-OH is 2. The second-order valence-corrected chi connectivity index (χ2v) is 10.9. The number of allylic oxidation sites excluding steroid dienone is 5. The molecule has 1 unspecified atom stereocenters. The van der Waals surface area contributed by atoms with E-state index in [1.165, 1.54) is 29.6 Å². The van der Waals surface area contributed by atoms with Crippen LogP contribution in [0.5, 0.6) is 0 Å². The molecule has 0 aromatic rings. The van der Waals surface area contributed by atoms with Crippen LogP contribution in [0, 0.1) is 11.3 Å². The highest BCUT2D eigenvalue weighted by molar-refractivity contribution is 5.32. The van der Waals surface area contributed by atoms with Crippen LogP contribution in [0.3, 0.4) is 0 Å². The Morgan fingerprint density at radius 3 is 2.32 bits per heavy atom. The number of rotatable bonds is 7. The summed E-state index contributed by atoms with van der Waals surface area (Å²) in [6.45, 7) is 16.9. The zero-order chi connectivity index (χ0) is 23.4. The van der Waals surface area contributed by atoms with Crippen LogP contribution < -0.4 is 0 Å². The third kappa shape index (κ3) is 6.66. The molecular formula is C28H46O3. The second kappa shape index (κ2) is 10.6. The normalized spacial score (nSPS) is 32.3. The first-order valence-electron chi connectivity index (χ1n) is 12.2. The molecule has 2 rings (SSSR count). The van der Waals surface area contributed by atoms with Crippen LogP contribution in [0.25, 0.3) is 0 Å². The van der Waals surface area contributed by atoms with Crippen LogP contribution in [0.2, 0.25) is 0 Å². The summed E-state index contributed by atoms with van der Waals surface area (Å²) >= 11 is 0. The molecule has 2 aliphatic rings. The van der Waals surface area contributed by atoms with Crippen LogP contribution in [0.15, 0.2) is 46.6 Å². The Labute approximate surface area is 190 Å². The fraction of sp³-hybridized carbons (Fsp3) is 0.714. The molecule has 0 spiro atoms. The molecular weight excluding hydrogens is 384 g/mol. The molecule has 2 fully saturated rings. The zero-order valence-corrected chi connectivity index (χ0v) is 20.8. The molecule has 0 aliphatic heterocycles.